The van der Waals surface area contributed by atoms with Crippen molar-refractivity contribution in [2.75, 3.05) is 20.3 Å². The van der Waals surface area contributed by atoms with Gasteiger partial charge in [0.2, 0.25) is 0 Å². The summed E-state index contributed by atoms with van der Waals surface area (Å²) in [5.41, 5.74) is 1.46. The first-order valence-corrected chi connectivity index (χ1v) is 9.22. The van der Waals surface area contributed by atoms with Crippen LogP contribution in [0.1, 0.15) is 83.5 Å². The van der Waals surface area contributed by atoms with E-state index in [1.165, 1.54) is 89.2 Å². The van der Waals surface area contributed by atoms with Gasteiger partial charge in [-0.15, -0.1) is 0 Å². The lowest BCUT2D eigenvalue weighted by Gasteiger charge is -2.22. The molecule has 0 aromatic rings. The third-order valence-corrected chi connectivity index (χ3v) is 4.91. The molecule has 2 aliphatic rings. The number of rotatable bonds is 3. The van der Waals surface area contributed by atoms with Crippen LogP contribution >= 0.6 is 0 Å². The summed E-state index contributed by atoms with van der Waals surface area (Å²) in [6.07, 6.45) is 17.6. The lowest BCUT2D eigenvalue weighted by atomic mass is 10.00. The molecule has 3 nitrogen and oxygen atoms in total. The van der Waals surface area contributed by atoms with Crippen molar-refractivity contribution in [3.63, 3.8) is 0 Å². The van der Waals surface area contributed by atoms with Gasteiger partial charge < -0.3 is 4.74 Å². The molecule has 0 spiro atoms. The Kier molecular flexibility index (Phi) is 8.16. The van der Waals surface area contributed by atoms with Crippen LogP contribution in [-0.4, -0.2) is 37.0 Å². The molecule has 0 amide bonds. The first-order valence-electron chi connectivity index (χ1n) is 9.22. The van der Waals surface area contributed by atoms with Gasteiger partial charge in [-0.2, -0.15) is 5.10 Å². The predicted molar refractivity (Wildman–Crippen MR) is 89.8 cm³/mol. The largest absolute Gasteiger partial charge is 0.382 e. The number of hydrogen-bond donors (Lipinski definition) is 0. The van der Waals surface area contributed by atoms with Crippen molar-refractivity contribution in [1.82, 2.24) is 5.01 Å². The summed E-state index contributed by atoms with van der Waals surface area (Å²) in [6, 6.07) is 0.517. The third-order valence-electron chi connectivity index (χ3n) is 4.91. The van der Waals surface area contributed by atoms with Crippen LogP contribution < -0.4 is 0 Å². The van der Waals surface area contributed by atoms with E-state index in [2.05, 4.69) is 5.01 Å². The van der Waals surface area contributed by atoms with E-state index in [0.717, 1.165) is 13.2 Å². The Balaban J connectivity index is 1.87. The smallest absolute Gasteiger partial charge is 0.0704 e. The number of hydrazone groups is 1. The zero-order valence-corrected chi connectivity index (χ0v) is 14.0. The maximum atomic E-state index is 5.35. The summed E-state index contributed by atoms with van der Waals surface area (Å²) in [4.78, 5) is 0. The molecule has 0 aromatic carbocycles. The van der Waals surface area contributed by atoms with Gasteiger partial charge in [0.15, 0.2) is 0 Å². The van der Waals surface area contributed by atoms with E-state index in [-0.39, 0.29) is 0 Å². The predicted octanol–water partition coefficient (Wildman–Crippen LogP) is 4.76. The molecule has 1 heterocycles. The van der Waals surface area contributed by atoms with Crippen molar-refractivity contribution < 1.29 is 4.74 Å². The normalized spacial score (nSPS) is 26.2. The standard InChI is InChI=1S/C18H34N2O/c1-21-16-18-14-11-15-20(18)19-17-12-9-7-5-3-2-4-6-8-10-13-17/h18H,2-16H2,1H3/t18-/m0/s1. The molecule has 2 rings (SSSR count). The third kappa shape index (κ3) is 6.37. The van der Waals surface area contributed by atoms with E-state index in [1.54, 1.807) is 7.11 Å². The van der Waals surface area contributed by atoms with Crippen LogP contribution in [-0.2, 0) is 4.74 Å². The highest BCUT2D eigenvalue weighted by molar-refractivity contribution is 5.84. The van der Waals surface area contributed by atoms with Crippen LogP contribution in [0.3, 0.4) is 0 Å². The van der Waals surface area contributed by atoms with Crippen molar-refractivity contribution in [3.05, 3.63) is 0 Å². The maximum Gasteiger partial charge on any atom is 0.0704 e. The van der Waals surface area contributed by atoms with Gasteiger partial charge in [-0.1, -0.05) is 44.9 Å². The molecule has 2 fully saturated rings. The Labute approximate surface area is 131 Å². The van der Waals surface area contributed by atoms with Crippen LogP contribution in [0.15, 0.2) is 5.10 Å². The van der Waals surface area contributed by atoms with Gasteiger partial charge in [0, 0.05) is 19.4 Å². The van der Waals surface area contributed by atoms with E-state index in [9.17, 15) is 0 Å². The fourth-order valence-corrected chi connectivity index (χ4v) is 3.62. The number of nitrogens with zero attached hydrogens (tertiary/aromatic N) is 2. The molecule has 1 aliphatic carbocycles. The highest BCUT2D eigenvalue weighted by Crippen LogP contribution is 2.20. The highest BCUT2D eigenvalue weighted by Gasteiger charge is 2.23. The van der Waals surface area contributed by atoms with Gasteiger partial charge in [-0.25, -0.2) is 0 Å². The molecule has 1 saturated heterocycles. The summed E-state index contributed by atoms with van der Waals surface area (Å²) in [5.74, 6) is 0. The fraction of sp³-hybridized carbons (Fsp3) is 0.944. The molecule has 0 radical (unpaired) electrons. The van der Waals surface area contributed by atoms with Gasteiger partial charge in [0.25, 0.3) is 0 Å². The topological polar surface area (TPSA) is 24.8 Å². The second-order valence-corrected chi connectivity index (χ2v) is 6.76. The summed E-state index contributed by atoms with van der Waals surface area (Å²) in [5, 5.41) is 7.36. The molecule has 1 atom stereocenters. The van der Waals surface area contributed by atoms with Crippen molar-refractivity contribution in [2.45, 2.75) is 89.5 Å². The Morgan fingerprint density at radius 2 is 1.48 bits per heavy atom. The van der Waals surface area contributed by atoms with Crippen LogP contribution in [0.4, 0.5) is 0 Å². The van der Waals surface area contributed by atoms with Gasteiger partial charge in [0.05, 0.1) is 12.6 Å². The first-order chi connectivity index (χ1) is 10.4. The molecule has 21 heavy (non-hydrogen) atoms. The first kappa shape index (κ1) is 16.8. The molecule has 122 valence electrons. The summed E-state index contributed by atoms with van der Waals surface area (Å²) >= 11 is 0. The molecule has 0 aromatic heterocycles. The van der Waals surface area contributed by atoms with Crippen LogP contribution in [0.25, 0.3) is 0 Å². The van der Waals surface area contributed by atoms with Gasteiger partial charge in [0.1, 0.15) is 0 Å². The highest BCUT2D eigenvalue weighted by atomic mass is 16.5. The quantitative estimate of drug-likeness (QED) is 0.750. The minimum atomic E-state index is 0.517. The van der Waals surface area contributed by atoms with Gasteiger partial charge >= 0.3 is 0 Å². The number of ether oxygens (including phenoxy) is 1. The van der Waals surface area contributed by atoms with Crippen molar-refractivity contribution >= 4 is 5.71 Å². The second kappa shape index (κ2) is 10.2. The molecule has 0 N–H and O–H groups in total. The van der Waals surface area contributed by atoms with Crippen LogP contribution in [0, 0.1) is 0 Å². The van der Waals surface area contributed by atoms with Gasteiger partial charge in [-0.05, 0) is 38.5 Å². The molecule has 1 aliphatic heterocycles. The fourth-order valence-electron chi connectivity index (χ4n) is 3.62. The maximum absolute atomic E-state index is 5.35. The van der Waals surface area contributed by atoms with Crippen molar-refractivity contribution in [1.29, 1.82) is 0 Å². The number of hydrogen-bond acceptors (Lipinski definition) is 3. The van der Waals surface area contributed by atoms with Crippen LogP contribution in [0.2, 0.25) is 0 Å². The zero-order valence-electron chi connectivity index (χ0n) is 14.0. The Morgan fingerprint density at radius 1 is 0.905 bits per heavy atom. The van der Waals surface area contributed by atoms with Gasteiger partial charge in [-0.3, -0.25) is 5.01 Å². The summed E-state index contributed by atoms with van der Waals surface area (Å²) in [7, 11) is 1.81. The molecule has 3 heteroatoms. The summed E-state index contributed by atoms with van der Waals surface area (Å²) in [6.45, 7) is 1.95. The van der Waals surface area contributed by atoms with Crippen molar-refractivity contribution in [2.24, 2.45) is 5.10 Å². The molecule has 1 saturated carbocycles. The lowest BCUT2D eigenvalue weighted by molar-refractivity contribution is 0.117. The lowest BCUT2D eigenvalue weighted by Crippen LogP contribution is -2.29. The van der Waals surface area contributed by atoms with E-state index < -0.39 is 0 Å². The minimum absolute atomic E-state index is 0.517. The minimum Gasteiger partial charge on any atom is -0.382 e. The molecular formula is C18H34N2O. The molecule has 0 unspecified atom stereocenters. The van der Waals surface area contributed by atoms with E-state index in [4.69, 9.17) is 9.84 Å². The van der Waals surface area contributed by atoms with Crippen molar-refractivity contribution in [3.8, 4) is 0 Å². The Hall–Kier alpha value is -0.570. The summed E-state index contributed by atoms with van der Waals surface area (Å²) < 4.78 is 5.35. The monoisotopic (exact) mass is 294 g/mol. The number of methoxy groups -OCH3 is 1. The van der Waals surface area contributed by atoms with E-state index >= 15 is 0 Å². The Morgan fingerprint density at radius 3 is 2.05 bits per heavy atom. The van der Waals surface area contributed by atoms with Crippen LogP contribution in [0.5, 0.6) is 0 Å². The average molecular weight is 294 g/mol. The molecular weight excluding hydrogens is 260 g/mol. The second-order valence-electron chi connectivity index (χ2n) is 6.76. The average Bonchev–Trinajstić information content (AvgIpc) is 2.89. The molecule has 0 bridgehead atoms. The SMILES string of the molecule is COC[C@@H]1CCCN1N=C1CCCCCCCCCCC1. The van der Waals surface area contributed by atoms with E-state index in [1.807, 2.05) is 0 Å². The Bertz CT molecular complexity index is 290. The van der Waals surface area contributed by atoms with E-state index in [0.29, 0.717) is 6.04 Å². The zero-order chi connectivity index (χ0) is 14.8.